The maximum absolute atomic E-state index is 14.1. The normalized spacial score (nSPS) is 27.1. The quantitative estimate of drug-likeness (QED) is 0.214. The molecule has 0 unspecified atom stereocenters. The van der Waals surface area contributed by atoms with E-state index in [2.05, 4.69) is 23.8 Å². The average molecular weight is 459 g/mol. The van der Waals surface area contributed by atoms with Gasteiger partial charge in [0, 0.05) is 0 Å². The molecule has 0 amide bonds. The predicted molar refractivity (Wildman–Crippen MR) is 116 cm³/mol. The maximum Gasteiger partial charge on any atom is 0.573 e. The van der Waals surface area contributed by atoms with E-state index in [1.807, 2.05) is 0 Å². The van der Waals surface area contributed by atoms with E-state index in [4.69, 9.17) is 0 Å². The van der Waals surface area contributed by atoms with Crippen molar-refractivity contribution in [3.8, 4) is 5.75 Å². The summed E-state index contributed by atoms with van der Waals surface area (Å²) in [4.78, 5) is 0. The van der Waals surface area contributed by atoms with E-state index in [0.717, 1.165) is 56.1 Å². The van der Waals surface area contributed by atoms with Gasteiger partial charge in [0.1, 0.15) is 0 Å². The molecule has 0 N–H and O–H groups in total. The molecule has 1 aromatic carbocycles. The van der Waals surface area contributed by atoms with Gasteiger partial charge in [0.15, 0.2) is 11.6 Å². The van der Waals surface area contributed by atoms with E-state index in [9.17, 15) is 22.0 Å². The molecule has 1 nitrogen and oxygen atoms in total. The van der Waals surface area contributed by atoms with Gasteiger partial charge in [0.25, 0.3) is 0 Å². The van der Waals surface area contributed by atoms with Crippen LogP contribution in [0.2, 0.25) is 0 Å². The van der Waals surface area contributed by atoms with E-state index < -0.39 is 23.7 Å². The highest BCUT2D eigenvalue weighted by Gasteiger charge is 2.35. The summed E-state index contributed by atoms with van der Waals surface area (Å²) in [6, 6.07) is 2.02. The molecule has 0 saturated heterocycles. The standard InChI is InChI=1S/C26H35F5O/c1-2-3-4-5-6-7-18-8-10-19(11-9-18)20-12-14-21(15-13-20)22-16-23(27)25(24(28)17-22)32-26(29,30)31/h3-4,16-21H,2,5-15H2,1H3/b4-3+. The number of ether oxygens (including phenoxy) is 1. The van der Waals surface area contributed by atoms with Gasteiger partial charge in [0.2, 0.25) is 5.75 Å². The van der Waals surface area contributed by atoms with Crippen molar-refractivity contribution in [2.45, 2.75) is 96.3 Å². The second kappa shape index (κ2) is 11.5. The zero-order valence-electron chi connectivity index (χ0n) is 18.9. The molecular formula is C26H35F5O. The van der Waals surface area contributed by atoms with Crippen LogP contribution in [0.1, 0.15) is 95.5 Å². The van der Waals surface area contributed by atoms with Crippen molar-refractivity contribution in [3.05, 3.63) is 41.5 Å². The summed E-state index contributed by atoms with van der Waals surface area (Å²) >= 11 is 0. The van der Waals surface area contributed by atoms with Crippen LogP contribution in [0.3, 0.4) is 0 Å². The first-order chi connectivity index (χ1) is 15.3. The number of allylic oxidation sites excluding steroid dienone is 2. The van der Waals surface area contributed by atoms with Crippen molar-refractivity contribution in [1.82, 2.24) is 0 Å². The number of halogens is 5. The Morgan fingerprint density at radius 2 is 1.44 bits per heavy atom. The van der Waals surface area contributed by atoms with Crippen LogP contribution in [-0.2, 0) is 0 Å². The molecule has 0 bridgehead atoms. The van der Waals surface area contributed by atoms with Crippen molar-refractivity contribution in [1.29, 1.82) is 0 Å². The van der Waals surface area contributed by atoms with Crippen molar-refractivity contribution in [2.75, 3.05) is 0 Å². The molecule has 1 aromatic rings. The second-order valence-electron chi connectivity index (χ2n) is 9.56. The minimum Gasteiger partial charge on any atom is -0.399 e. The smallest absolute Gasteiger partial charge is 0.399 e. The van der Waals surface area contributed by atoms with Gasteiger partial charge in [-0.05, 0) is 99.2 Å². The lowest BCUT2D eigenvalue weighted by atomic mass is 9.68. The summed E-state index contributed by atoms with van der Waals surface area (Å²) in [6.45, 7) is 2.16. The third-order valence-corrected chi connectivity index (χ3v) is 7.43. The average Bonchev–Trinajstić information content (AvgIpc) is 2.76. The van der Waals surface area contributed by atoms with Crippen molar-refractivity contribution >= 4 is 0 Å². The fourth-order valence-corrected chi connectivity index (χ4v) is 5.71. The molecule has 0 radical (unpaired) electrons. The van der Waals surface area contributed by atoms with E-state index in [0.29, 0.717) is 11.5 Å². The molecule has 2 aliphatic carbocycles. The molecule has 0 aliphatic heterocycles. The molecule has 0 heterocycles. The Kier molecular flexibility index (Phi) is 9.01. The highest BCUT2D eigenvalue weighted by atomic mass is 19.4. The largest absolute Gasteiger partial charge is 0.573 e. The lowest BCUT2D eigenvalue weighted by Crippen LogP contribution is -2.25. The minimum absolute atomic E-state index is 0.0114. The summed E-state index contributed by atoms with van der Waals surface area (Å²) in [5.74, 6) is -1.71. The summed E-state index contributed by atoms with van der Waals surface area (Å²) in [5.41, 5.74) is 0.439. The summed E-state index contributed by atoms with van der Waals surface area (Å²) in [6.07, 6.45) is 13.1. The van der Waals surface area contributed by atoms with E-state index in [1.165, 1.54) is 44.9 Å². The molecule has 2 saturated carbocycles. The van der Waals surface area contributed by atoms with Crippen LogP contribution in [0.25, 0.3) is 0 Å². The van der Waals surface area contributed by atoms with Gasteiger partial charge in [-0.1, -0.05) is 38.3 Å². The molecule has 0 spiro atoms. The molecule has 2 aliphatic rings. The number of benzene rings is 1. The van der Waals surface area contributed by atoms with Gasteiger partial charge in [-0.25, -0.2) is 8.78 Å². The van der Waals surface area contributed by atoms with Gasteiger partial charge in [-0.2, -0.15) is 0 Å². The first kappa shape index (κ1) is 25.0. The predicted octanol–water partition coefficient (Wildman–Crippen LogP) is 9.08. The van der Waals surface area contributed by atoms with Crippen molar-refractivity contribution < 1.29 is 26.7 Å². The lowest BCUT2D eigenvalue weighted by Gasteiger charge is -2.38. The molecule has 6 heteroatoms. The molecule has 0 atom stereocenters. The molecule has 180 valence electrons. The van der Waals surface area contributed by atoms with Crippen LogP contribution < -0.4 is 4.74 Å². The number of hydrogen-bond acceptors (Lipinski definition) is 1. The van der Waals surface area contributed by atoms with Crippen molar-refractivity contribution in [2.24, 2.45) is 17.8 Å². The van der Waals surface area contributed by atoms with Crippen LogP contribution in [0.4, 0.5) is 22.0 Å². The third-order valence-electron chi connectivity index (χ3n) is 7.43. The third kappa shape index (κ3) is 7.21. The van der Waals surface area contributed by atoms with Gasteiger partial charge in [0.05, 0.1) is 0 Å². The summed E-state index contributed by atoms with van der Waals surface area (Å²) in [5, 5.41) is 0. The van der Waals surface area contributed by atoms with Gasteiger partial charge < -0.3 is 4.74 Å². The first-order valence-electron chi connectivity index (χ1n) is 12.2. The zero-order chi connectivity index (χ0) is 23.1. The van der Waals surface area contributed by atoms with Crippen LogP contribution >= 0.6 is 0 Å². The van der Waals surface area contributed by atoms with Crippen LogP contribution in [0.5, 0.6) is 5.75 Å². The zero-order valence-corrected chi connectivity index (χ0v) is 18.9. The van der Waals surface area contributed by atoms with Crippen molar-refractivity contribution in [3.63, 3.8) is 0 Å². The van der Waals surface area contributed by atoms with Gasteiger partial charge in [-0.3, -0.25) is 0 Å². The monoisotopic (exact) mass is 458 g/mol. The molecule has 2 fully saturated rings. The summed E-state index contributed by atoms with van der Waals surface area (Å²) < 4.78 is 68.7. The highest BCUT2D eigenvalue weighted by molar-refractivity contribution is 5.33. The highest BCUT2D eigenvalue weighted by Crippen LogP contribution is 2.45. The molecule has 32 heavy (non-hydrogen) atoms. The summed E-state index contributed by atoms with van der Waals surface area (Å²) in [7, 11) is 0. The number of rotatable bonds is 8. The Balaban J connectivity index is 1.45. The molecule has 3 rings (SSSR count). The Bertz CT molecular complexity index is 718. The van der Waals surface area contributed by atoms with Gasteiger partial charge in [-0.15, -0.1) is 13.2 Å². The topological polar surface area (TPSA) is 9.23 Å². The van der Waals surface area contributed by atoms with E-state index in [-0.39, 0.29) is 5.92 Å². The Morgan fingerprint density at radius 3 is 1.97 bits per heavy atom. The second-order valence-corrected chi connectivity index (χ2v) is 9.56. The SMILES string of the molecule is CC/C=C/CCCC1CCC(C2CCC(c3cc(F)c(OC(F)(F)F)c(F)c3)CC2)CC1. The fraction of sp³-hybridized carbons (Fsp3) is 0.692. The first-order valence-corrected chi connectivity index (χ1v) is 12.2. The van der Waals surface area contributed by atoms with E-state index in [1.54, 1.807) is 0 Å². The number of alkyl halides is 3. The fourth-order valence-electron chi connectivity index (χ4n) is 5.71. The van der Waals surface area contributed by atoms with Gasteiger partial charge >= 0.3 is 6.36 Å². The number of hydrogen-bond donors (Lipinski definition) is 0. The molecular weight excluding hydrogens is 423 g/mol. The van der Waals surface area contributed by atoms with Crippen LogP contribution in [0, 0.1) is 29.4 Å². The van der Waals surface area contributed by atoms with Crippen LogP contribution in [-0.4, -0.2) is 6.36 Å². The number of unbranched alkanes of at least 4 members (excludes halogenated alkanes) is 1. The molecule has 0 aromatic heterocycles. The van der Waals surface area contributed by atoms with Crippen LogP contribution in [0.15, 0.2) is 24.3 Å². The Morgan fingerprint density at radius 1 is 0.875 bits per heavy atom. The Labute approximate surface area is 188 Å². The Hall–Kier alpha value is -1.59. The lowest BCUT2D eigenvalue weighted by molar-refractivity contribution is -0.276. The van der Waals surface area contributed by atoms with E-state index >= 15 is 0 Å². The maximum atomic E-state index is 14.1. The minimum atomic E-state index is -5.12.